The molecule has 3 heterocycles. The van der Waals surface area contributed by atoms with Gasteiger partial charge in [0, 0.05) is 18.4 Å². The molecule has 0 aliphatic heterocycles. The van der Waals surface area contributed by atoms with Crippen LogP contribution in [0.5, 0.6) is 0 Å². The molecule has 3 aromatic rings. The Morgan fingerprint density at radius 3 is 2.95 bits per heavy atom. The van der Waals surface area contributed by atoms with Gasteiger partial charge < -0.3 is 4.98 Å². The molecule has 3 rings (SSSR count). The number of hydrogen-bond donors (Lipinski definition) is 2. The topological polar surface area (TPSA) is 79.4 Å². The lowest BCUT2D eigenvalue weighted by Crippen LogP contribution is -2.21. The standard InChI is InChI=1S/C14H17N5O/c1-9-11(10(2)18-17-9)4-3-7-19-8-16-12-5-6-15-13(12)14(19)20/h5-6,8,15H,3-4,7H2,1-2H3,(H,17,18). The number of fused-ring (bicyclic) bond motifs is 1. The fourth-order valence-electron chi connectivity index (χ4n) is 2.50. The molecule has 0 saturated heterocycles. The maximum atomic E-state index is 12.2. The first-order valence-corrected chi connectivity index (χ1v) is 6.70. The third-order valence-electron chi connectivity index (χ3n) is 3.64. The van der Waals surface area contributed by atoms with Crippen molar-refractivity contribution in [3.63, 3.8) is 0 Å². The van der Waals surface area contributed by atoms with E-state index in [1.165, 1.54) is 5.56 Å². The maximum absolute atomic E-state index is 12.2. The lowest BCUT2D eigenvalue weighted by molar-refractivity contribution is 0.615. The van der Waals surface area contributed by atoms with Gasteiger partial charge in [-0.2, -0.15) is 5.10 Å². The van der Waals surface area contributed by atoms with Crippen molar-refractivity contribution in [2.75, 3.05) is 0 Å². The van der Waals surface area contributed by atoms with Crippen LogP contribution in [0.1, 0.15) is 23.4 Å². The molecule has 0 aromatic carbocycles. The zero-order valence-corrected chi connectivity index (χ0v) is 11.6. The second kappa shape index (κ2) is 4.96. The van der Waals surface area contributed by atoms with E-state index in [-0.39, 0.29) is 5.56 Å². The van der Waals surface area contributed by atoms with Crippen LogP contribution in [0.25, 0.3) is 11.0 Å². The molecular weight excluding hydrogens is 254 g/mol. The van der Waals surface area contributed by atoms with Gasteiger partial charge in [0.2, 0.25) is 0 Å². The van der Waals surface area contributed by atoms with E-state index in [4.69, 9.17) is 0 Å². The van der Waals surface area contributed by atoms with Crippen molar-refractivity contribution in [2.24, 2.45) is 0 Å². The van der Waals surface area contributed by atoms with Crippen molar-refractivity contribution in [2.45, 2.75) is 33.2 Å². The summed E-state index contributed by atoms with van der Waals surface area (Å²) in [6.45, 7) is 4.68. The second-order valence-corrected chi connectivity index (χ2v) is 5.00. The highest BCUT2D eigenvalue weighted by molar-refractivity contribution is 5.73. The summed E-state index contributed by atoms with van der Waals surface area (Å²) >= 11 is 0. The number of aromatic nitrogens is 5. The first-order chi connectivity index (χ1) is 9.66. The highest BCUT2D eigenvalue weighted by Crippen LogP contribution is 2.12. The van der Waals surface area contributed by atoms with Crippen molar-refractivity contribution in [1.29, 1.82) is 0 Å². The molecule has 0 fully saturated rings. The number of aromatic amines is 2. The Morgan fingerprint density at radius 2 is 2.20 bits per heavy atom. The highest BCUT2D eigenvalue weighted by atomic mass is 16.1. The minimum atomic E-state index is -0.0133. The maximum Gasteiger partial charge on any atom is 0.277 e. The predicted molar refractivity (Wildman–Crippen MR) is 76.7 cm³/mol. The van der Waals surface area contributed by atoms with E-state index in [0.717, 1.165) is 24.2 Å². The number of nitrogens with one attached hydrogen (secondary N) is 2. The van der Waals surface area contributed by atoms with Crippen LogP contribution in [-0.2, 0) is 13.0 Å². The SMILES string of the molecule is Cc1n[nH]c(C)c1CCCn1cnc2cc[nH]c2c1=O. The second-order valence-electron chi connectivity index (χ2n) is 5.00. The minimum Gasteiger partial charge on any atom is -0.355 e. The summed E-state index contributed by atoms with van der Waals surface area (Å²) in [5, 5.41) is 7.16. The Morgan fingerprint density at radius 1 is 1.35 bits per heavy atom. The van der Waals surface area contributed by atoms with Crippen molar-refractivity contribution < 1.29 is 0 Å². The Kier molecular flexibility index (Phi) is 3.14. The Balaban J connectivity index is 1.74. The van der Waals surface area contributed by atoms with Crippen molar-refractivity contribution in [3.05, 3.63) is 45.9 Å². The van der Waals surface area contributed by atoms with E-state index in [1.54, 1.807) is 23.2 Å². The van der Waals surface area contributed by atoms with Gasteiger partial charge in [-0.05, 0) is 38.3 Å². The van der Waals surface area contributed by atoms with Crippen LogP contribution in [0.2, 0.25) is 0 Å². The van der Waals surface area contributed by atoms with E-state index in [0.29, 0.717) is 17.6 Å². The molecule has 20 heavy (non-hydrogen) atoms. The van der Waals surface area contributed by atoms with Crippen LogP contribution in [0.15, 0.2) is 23.4 Å². The van der Waals surface area contributed by atoms with E-state index in [9.17, 15) is 4.79 Å². The summed E-state index contributed by atoms with van der Waals surface area (Å²) in [5.41, 5.74) is 4.66. The minimum absolute atomic E-state index is 0.0133. The van der Waals surface area contributed by atoms with E-state index in [1.807, 2.05) is 13.8 Å². The molecular formula is C14H17N5O. The molecule has 2 N–H and O–H groups in total. The summed E-state index contributed by atoms with van der Waals surface area (Å²) in [5.74, 6) is 0. The van der Waals surface area contributed by atoms with Gasteiger partial charge in [-0.1, -0.05) is 0 Å². The van der Waals surface area contributed by atoms with Crippen LogP contribution in [0, 0.1) is 13.8 Å². The van der Waals surface area contributed by atoms with E-state index < -0.39 is 0 Å². The van der Waals surface area contributed by atoms with Gasteiger partial charge in [0.1, 0.15) is 5.52 Å². The number of aryl methyl sites for hydroxylation is 3. The molecule has 0 saturated carbocycles. The number of nitrogens with zero attached hydrogens (tertiary/aromatic N) is 3. The average Bonchev–Trinajstić information content (AvgIpc) is 3.02. The molecule has 0 aliphatic carbocycles. The largest absolute Gasteiger partial charge is 0.355 e. The Bertz CT molecular complexity index is 776. The van der Waals surface area contributed by atoms with Crippen molar-refractivity contribution in [1.82, 2.24) is 24.7 Å². The molecule has 0 amide bonds. The van der Waals surface area contributed by atoms with Gasteiger partial charge in [-0.15, -0.1) is 0 Å². The van der Waals surface area contributed by atoms with Crippen molar-refractivity contribution >= 4 is 11.0 Å². The van der Waals surface area contributed by atoms with Gasteiger partial charge in [0.05, 0.1) is 17.5 Å². The van der Waals surface area contributed by atoms with Gasteiger partial charge in [0.15, 0.2) is 0 Å². The zero-order chi connectivity index (χ0) is 14.1. The van der Waals surface area contributed by atoms with Crippen LogP contribution >= 0.6 is 0 Å². The quantitative estimate of drug-likeness (QED) is 0.758. The van der Waals surface area contributed by atoms with Gasteiger partial charge >= 0.3 is 0 Å². The molecule has 0 unspecified atom stereocenters. The fraction of sp³-hybridized carbons (Fsp3) is 0.357. The third-order valence-corrected chi connectivity index (χ3v) is 3.64. The summed E-state index contributed by atoms with van der Waals surface area (Å²) in [4.78, 5) is 19.4. The van der Waals surface area contributed by atoms with Gasteiger partial charge in [-0.25, -0.2) is 4.98 Å². The summed E-state index contributed by atoms with van der Waals surface area (Å²) in [6.07, 6.45) is 5.15. The average molecular weight is 271 g/mol. The van der Waals surface area contributed by atoms with E-state index in [2.05, 4.69) is 20.2 Å². The molecule has 6 nitrogen and oxygen atoms in total. The third kappa shape index (κ3) is 2.13. The van der Waals surface area contributed by atoms with Crippen LogP contribution in [-0.4, -0.2) is 24.7 Å². The lowest BCUT2D eigenvalue weighted by atomic mass is 10.1. The number of hydrogen-bond acceptors (Lipinski definition) is 3. The lowest BCUT2D eigenvalue weighted by Gasteiger charge is -2.05. The summed E-state index contributed by atoms with van der Waals surface area (Å²) in [6, 6.07) is 1.80. The predicted octanol–water partition coefficient (Wildman–Crippen LogP) is 1.70. The first kappa shape index (κ1) is 12.7. The number of rotatable bonds is 4. The van der Waals surface area contributed by atoms with E-state index >= 15 is 0 Å². The van der Waals surface area contributed by atoms with Crippen LogP contribution in [0.4, 0.5) is 0 Å². The molecule has 0 radical (unpaired) electrons. The van der Waals surface area contributed by atoms with Crippen molar-refractivity contribution in [3.8, 4) is 0 Å². The van der Waals surface area contributed by atoms with Gasteiger partial charge in [-0.3, -0.25) is 14.5 Å². The summed E-state index contributed by atoms with van der Waals surface area (Å²) < 4.78 is 1.66. The van der Waals surface area contributed by atoms with Gasteiger partial charge in [0.25, 0.3) is 5.56 Å². The molecule has 0 aliphatic rings. The van der Waals surface area contributed by atoms with Crippen LogP contribution in [0.3, 0.4) is 0 Å². The highest BCUT2D eigenvalue weighted by Gasteiger charge is 2.07. The fourth-order valence-corrected chi connectivity index (χ4v) is 2.50. The normalized spacial score (nSPS) is 11.3. The molecule has 0 spiro atoms. The Labute approximate surface area is 115 Å². The molecule has 3 aromatic heterocycles. The molecule has 6 heteroatoms. The zero-order valence-electron chi connectivity index (χ0n) is 11.6. The molecule has 0 bridgehead atoms. The first-order valence-electron chi connectivity index (χ1n) is 6.70. The Hall–Kier alpha value is -2.37. The van der Waals surface area contributed by atoms with Crippen LogP contribution < -0.4 is 5.56 Å². The molecule has 0 atom stereocenters. The monoisotopic (exact) mass is 271 g/mol. The molecule has 104 valence electrons. The smallest absolute Gasteiger partial charge is 0.277 e. The summed E-state index contributed by atoms with van der Waals surface area (Å²) in [7, 11) is 0. The number of H-pyrrole nitrogens is 2.